The highest BCUT2D eigenvalue weighted by Gasteiger charge is 2.19. The van der Waals surface area contributed by atoms with Crippen LogP contribution in [0.2, 0.25) is 0 Å². The van der Waals surface area contributed by atoms with Crippen molar-refractivity contribution in [2.75, 3.05) is 14.1 Å². The van der Waals surface area contributed by atoms with Crippen LogP contribution >= 0.6 is 0 Å². The molecule has 0 N–H and O–H groups in total. The minimum atomic E-state index is 0.478. The summed E-state index contributed by atoms with van der Waals surface area (Å²) in [5.74, 6) is 0.519. The fourth-order valence-corrected chi connectivity index (χ4v) is 2.50. The maximum atomic E-state index is 11.8. The molecule has 1 heterocycles. The number of hydrogen-bond donors (Lipinski definition) is 0. The van der Waals surface area contributed by atoms with E-state index in [2.05, 4.69) is 10.1 Å². The molecule has 1 aromatic heterocycles. The highest BCUT2D eigenvalue weighted by Crippen LogP contribution is 2.31. The molecule has 126 valence electrons. The van der Waals surface area contributed by atoms with Crippen molar-refractivity contribution < 1.29 is 4.79 Å². The van der Waals surface area contributed by atoms with Gasteiger partial charge in [0.1, 0.15) is 5.69 Å². The molecule has 0 radical (unpaired) electrons. The van der Waals surface area contributed by atoms with Crippen LogP contribution in [0.25, 0.3) is 16.9 Å². The summed E-state index contributed by atoms with van der Waals surface area (Å²) in [6, 6.07) is 17.6. The third kappa shape index (κ3) is 3.50. The van der Waals surface area contributed by atoms with E-state index in [0.717, 1.165) is 23.1 Å². The van der Waals surface area contributed by atoms with Crippen LogP contribution in [0.1, 0.15) is 15.9 Å². The van der Waals surface area contributed by atoms with Gasteiger partial charge in [0.25, 0.3) is 0 Å². The lowest BCUT2D eigenvalue weighted by atomic mass is 10.1. The summed E-state index contributed by atoms with van der Waals surface area (Å²) in [5, 5.41) is 4.68. The molecular weight excluding hydrogens is 312 g/mol. The van der Waals surface area contributed by atoms with Gasteiger partial charge in [0, 0.05) is 19.7 Å². The predicted molar refractivity (Wildman–Crippen MR) is 101 cm³/mol. The highest BCUT2D eigenvalue weighted by atomic mass is 16.1. The van der Waals surface area contributed by atoms with Crippen LogP contribution < -0.4 is 0 Å². The van der Waals surface area contributed by atoms with E-state index in [4.69, 9.17) is 0 Å². The minimum absolute atomic E-state index is 0.478. The summed E-state index contributed by atoms with van der Waals surface area (Å²) in [4.78, 5) is 18.1. The van der Waals surface area contributed by atoms with Gasteiger partial charge in [0.15, 0.2) is 12.1 Å². The number of para-hydroxylation sites is 1. The summed E-state index contributed by atoms with van der Waals surface area (Å²) in [7, 11) is 3.77. The Morgan fingerprint density at radius 2 is 1.72 bits per heavy atom. The van der Waals surface area contributed by atoms with Crippen molar-refractivity contribution in [1.29, 1.82) is 0 Å². The lowest BCUT2D eigenvalue weighted by Crippen LogP contribution is -2.07. The first-order valence-electron chi connectivity index (χ1n) is 8.01. The number of aldehydes is 1. The standard InChI is InChI=1S/C20H20N4O/c1-15-9-11-16(12-10-15)19-18(13-25)20(21-14-23(2)3)24(22-19)17-7-5-4-6-8-17/h4-14H,1-3H3/b21-14+. The Morgan fingerprint density at radius 1 is 1.04 bits per heavy atom. The largest absolute Gasteiger partial charge is 0.369 e. The number of carbonyl (C=O) groups is 1. The molecule has 5 nitrogen and oxygen atoms in total. The van der Waals surface area contributed by atoms with Gasteiger partial charge in [-0.05, 0) is 19.1 Å². The van der Waals surface area contributed by atoms with E-state index >= 15 is 0 Å². The average molecular weight is 332 g/mol. The van der Waals surface area contributed by atoms with Gasteiger partial charge in [-0.1, -0.05) is 48.0 Å². The molecule has 0 spiro atoms. The molecule has 0 amide bonds. The molecule has 0 fully saturated rings. The molecule has 0 saturated heterocycles. The van der Waals surface area contributed by atoms with Crippen molar-refractivity contribution in [3.05, 3.63) is 65.7 Å². The number of hydrogen-bond acceptors (Lipinski definition) is 3. The monoisotopic (exact) mass is 332 g/mol. The molecule has 3 aromatic rings. The fraction of sp³-hybridized carbons (Fsp3) is 0.150. The van der Waals surface area contributed by atoms with Crippen LogP contribution in [0, 0.1) is 6.92 Å². The maximum absolute atomic E-state index is 11.8. The van der Waals surface area contributed by atoms with E-state index in [1.54, 1.807) is 11.0 Å². The fourth-order valence-electron chi connectivity index (χ4n) is 2.50. The van der Waals surface area contributed by atoms with Crippen LogP contribution in [0.5, 0.6) is 0 Å². The molecule has 25 heavy (non-hydrogen) atoms. The van der Waals surface area contributed by atoms with Crippen molar-refractivity contribution in [2.45, 2.75) is 6.92 Å². The van der Waals surface area contributed by atoms with E-state index in [9.17, 15) is 4.79 Å². The summed E-state index contributed by atoms with van der Waals surface area (Å²) < 4.78 is 1.71. The third-order valence-corrected chi connectivity index (χ3v) is 3.75. The zero-order chi connectivity index (χ0) is 17.8. The Bertz CT molecular complexity index is 893. The van der Waals surface area contributed by atoms with Crippen molar-refractivity contribution in [3.8, 4) is 16.9 Å². The Hall–Kier alpha value is -3.21. The van der Waals surface area contributed by atoms with Crippen LogP contribution in [-0.4, -0.2) is 41.4 Å². The van der Waals surface area contributed by atoms with E-state index in [1.165, 1.54) is 0 Å². The first kappa shape index (κ1) is 16.6. The van der Waals surface area contributed by atoms with Crippen molar-refractivity contribution in [3.63, 3.8) is 0 Å². The molecule has 0 unspecified atom stereocenters. The second-order valence-corrected chi connectivity index (χ2v) is 6.03. The molecule has 5 heteroatoms. The summed E-state index contributed by atoms with van der Waals surface area (Å²) in [6.07, 6.45) is 2.49. The van der Waals surface area contributed by atoms with E-state index in [-0.39, 0.29) is 0 Å². The molecule has 2 aromatic carbocycles. The lowest BCUT2D eigenvalue weighted by Gasteiger charge is -2.06. The Morgan fingerprint density at radius 3 is 2.32 bits per heavy atom. The Kier molecular flexibility index (Phi) is 4.75. The normalized spacial score (nSPS) is 11.0. The number of aromatic nitrogens is 2. The average Bonchev–Trinajstić information content (AvgIpc) is 2.99. The second-order valence-electron chi connectivity index (χ2n) is 6.03. The molecule has 0 aliphatic heterocycles. The summed E-state index contributed by atoms with van der Waals surface area (Å²) in [6.45, 7) is 2.03. The molecule has 0 atom stereocenters. The highest BCUT2D eigenvalue weighted by molar-refractivity contribution is 5.92. The first-order chi connectivity index (χ1) is 12.1. The Labute approximate surface area is 147 Å². The van der Waals surface area contributed by atoms with Gasteiger partial charge in [-0.15, -0.1) is 0 Å². The quantitative estimate of drug-likeness (QED) is 0.405. The maximum Gasteiger partial charge on any atom is 0.168 e. The minimum Gasteiger partial charge on any atom is -0.369 e. The van der Waals surface area contributed by atoms with Crippen molar-refractivity contribution in [1.82, 2.24) is 14.7 Å². The lowest BCUT2D eigenvalue weighted by molar-refractivity contribution is 0.112. The SMILES string of the molecule is Cc1ccc(-c2nn(-c3ccccc3)c(/N=C/N(C)C)c2C=O)cc1. The van der Waals surface area contributed by atoms with Crippen LogP contribution in [-0.2, 0) is 0 Å². The number of carbonyl (C=O) groups excluding carboxylic acids is 1. The Balaban J connectivity index is 2.23. The van der Waals surface area contributed by atoms with E-state index < -0.39 is 0 Å². The zero-order valence-corrected chi connectivity index (χ0v) is 14.5. The molecule has 0 bridgehead atoms. The van der Waals surface area contributed by atoms with Crippen LogP contribution in [0.3, 0.4) is 0 Å². The number of aliphatic imine (C=N–C) groups is 1. The number of benzene rings is 2. The van der Waals surface area contributed by atoms with Gasteiger partial charge in [0.2, 0.25) is 0 Å². The molecular formula is C20H20N4O. The smallest absolute Gasteiger partial charge is 0.168 e. The zero-order valence-electron chi connectivity index (χ0n) is 14.5. The second kappa shape index (κ2) is 7.13. The number of nitrogens with zero attached hydrogens (tertiary/aromatic N) is 4. The van der Waals surface area contributed by atoms with Gasteiger partial charge in [0.05, 0.1) is 17.6 Å². The summed E-state index contributed by atoms with van der Waals surface area (Å²) >= 11 is 0. The van der Waals surface area contributed by atoms with Gasteiger partial charge in [-0.3, -0.25) is 4.79 Å². The van der Waals surface area contributed by atoms with E-state index in [1.807, 2.05) is 80.5 Å². The van der Waals surface area contributed by atoms with E-state index in [0.29, 0.717) is 17.1 Å². The summed E-state index contributed by atoms with van der Waals surface area (Å²) in [5.41, 5.74) is 4.01. The third-order valence-electron chi connectivity index (χ3n) is 3.75. The topological polar surface area (TPSA) is 50.5 Å². The number of rotatable bonds is 5. The molecule has 0 aliphatic carbocycles. The van der Waals surface area contributed by atoms with Crippen molar-refractivity contribution in [2.24, 2.45) is 4.99 Å². The van der Waals surface area contributed by atoms with Gasteiger partial charge in [-0.25, -0.2) is 9.67 Å². The van der Waals surface area contributed by atoms with Crippen LogP contribution in [0.4, 0.5) is 5.82 Å². The van der Waals surface area contributed by atoms with Gasteiger partial charge >= 0.3 is 0 Å². The van der Waals surface area contributed by atoms with Gasteiger partial charge < -0.3 is 4.90 Å². The van der Waals surface area contributed by atoms with Crippen molar-refractivity contribution >= 4 is 18.4 Å². The molecule has 0 aliphatic rings. The predicted octanol–water partition coefficient (Wildman–Crippen LogP) is 3.88. The molecule has 0 saturated carbocycles. The van der Waals surface area contributed by atoms with Gasteiger partial charge in [-0.2, -0.15) is 5.10 Å². The van der Waals surface area contributed by atoms with Crippen LogP contribution in [0.15, 0.2) is 59.6 Å². The number of aryl methyl sites for hydroxylation is 1. The first-order valence-corrected chi connectivity index (χ1v) is 8.01. The molecule has 3 rings (SSSR count).